The molecule has 3 aromatic carbocycles. The van der Waals surface area contributed by atoms with Crippen molar-refractivity contribution in [3.63, 3.8) is 0 Å². The molecule has 27 heavy (non-hydrogen) atoms. The second-order valence-electron chi connectivity index (χ2n) is 6.68. The van der Waals surface area contributed by atoms with E-state index in [2.05, 4.69) is 29.4 Å². The fourth-order valence-electron chi connectivity index (χ4n) is 3.45. The van der Waals surface area contributed by atoms with Gasteiger partial charge in [0.1, 0.15) is 5.75 Å². The number of ether oxygens (including phenoxy) is 1. The maximum Gasteiger partial charge on any atom is 0.262 e. The highest BCUT2D eigenvalue weighted by Crippen LogP contribution is 2.28. The van der Waals surface area contributed by atoms with Crippen LogP contribution in [0, 0.1) is 6.92 Å². The lowest BCUT2D eigenvalue weighted by Crippen LogP contribution is -2.21. The Bertz CT molecular complexity index is 1130. The second-order valence-corrected chi connectivity index (χ2v) is 6.68. The number of hydrogen-bond acceptors (Lipinski definition) is 2. The van der Waals surface area contributed by atoms with Gasteiger partial charge in [0, 0.05) is 28.0 Å². The van der Waals surface area contributed by atoms with Crippen molar-refractivity contribution >= 4 is 33.4 Å². The SMILES string of the molecule is CCc1cccc(C)c1NC(=O)COc1ccc2c(c1)[nH]c1ccccc12. The largest absolute Gasteiger partial charge is 0.484 e. The van der Waals surface area contributed by atoms with Gasteiger partial charge >= 0.3 is 0 Å². The lowest BCUT2D eigenvalue weighted by molar-refractivity contribution is -0.118. The maximum atomic E-state index is 12.4. The average Bonchev–Trinajstić information content (AvgIpc) is 3.05. The van der Waals surface area contributed by atoms with E-state index >= 15 is 0 Å². The van der Waals surface area contributed by atoms with E-state index in [-0.39, 0.29) is 12.5 Å². The minimum Gasteiger partial charge on any atom is -0.484 e. The molecule has 4 nitrogen and oxygen atoms in total. The van der Waals surface area contributed by atoms with Crippen molar-refractivity contribution in [3.8, 4) is 5.75 Å². The Morgan fingerprint density at radius 1 is 1.00 bits per heavy atom. The molecular formula is C23H22N2O2. The van der Waals surface area contributed by atoms with Crippen molar-refractivity contribution < 1.29 is 9.53 Å². The number of aromatic amines is 1. The zero-order valence-electron chi connectivity index (χ0n) is 15.5. The van der Waals surface area contributed by atoms with Crippen molar-refractivity contribution in [1.29, 1.82) is 0 Å². The number of rotatable bonds is 5. The van der Waals surface area contributed by atoms with Gasteiger partial charge in [-0.05, 0) is 42.7 Å². The first-order chi connectivity index (χ1) is 13.2. The van der Waals surface area contributed by atoms with Gasteiger partial charge in [-0.15, -0.1) is 0 Å². The third-order valence-electron chi connectivity index (χ3n) is 4.85. The summed E-state index contributed by atoms with van der Waals surface area (Å²) in [5.41, 5.74) is 5.17. The number of hydrogen-bond donors (Lipinski definition) is 2. The van der Waals surface area contributed by atoms with Crippen LogP contribution in [-0.4, -0.2) is 17.5 Å². The van der Waals surface area contributed by atoms with Crippen LogP contribution < -0.4 is 10.1 Å². The van der Waals surface area contributed by atoms with Crippen LogP contribution in [0.5, 0.6) is 5.75 Å². The van der Waals surface area contributed by atoms with Crippen LogP contribution in [0.3, 0.4) is 0 Å². The van der Waals surface area contributed by atoms with E-state index in [1.165, 1.54) is 5.39 Å². The molecule has 4 heteroatoms. The van der Waals surface area contributed by atoms with Crippen LogP contribution >= 0.6 is 0 Å². The molecule has 0 fully saturated rings. The van der Waals surface area contributed by atoms with Gasteiger partial charge in [0.2, 0.25) is 0 Å². The summed E-state index contributed by atoms with van der Waals surface area (Å²) in [6, 6.07) is 20.1. The van der Waals surface area contributed by atoms with E-state index in [1.807, 2.05) is 55.5 Å². The predicted molar refractivity (Wildman–Crippen MR) is 110 cm³/mol. The zero-order chi connectivity index (χ0) is 18.8. The summed E-state index contributed by atoms with van der Waals surface area (Å²) in [5.74, 6) is 0.514. The summed E-state index contributed by atoms with van der Waals surface area (Å²) in [6.45, 7) is 4.05. The number of carbonyl (C=O) groups excluding carboxylic acids is 1. The molecule has 0 aliphatic heterocycles. The number of carbonyl (C=O) groups is 1. The molecule has 1 heterocycles. The molecule has 1 aromatic heterocycles. The Kier molecular flexibility index (Phi) is 4.55. The molecule has 0 atom stereocenters. The van der Waals surface area contributed by atoms with Crippen molar-refractivity contribution in [2.75, 3.05) is 11.9 Å². The molecule has 0 aliphatic rings. The Balaban J connectivity index is 1.48. The lowest BCUT2D eigenvalue weighted by atomic mass is 10.1. The van der Waals surface area contributed by atoms with Crippen molar-refractivity contribution in [1.82, 2.24) is 4.98 Å². The minimum absolute atomic E-state index is 0.0246. The first-order valence-corrected chi connectivity index (χ1v) is 9.17. The number of nitrogens with one attached hydrogen (secondary N) is 2. The molecule has 0 saturated heterocycles. The molecule has 0 saturated carbocycles. The predicted octanol–water partition coefficient (Wildman–Crippen LogP) is 5.21. The Hall–Kier alpha value is -3.27. The van der Waals surface area contributed by atoms with Crippen LogP contribution in [-0.2, 0) is 11.2 Å². The molecule has 0 unspecified atom stereocenters. The highest BCUT2D eigenvalue weighted by molar-refractivity contribution is 6.07. The average molecular weight is 358 g/mol. The van der Waals surface area contributed by atoms with Crippen LogP contribution in [0.2, 0.25) is 0 Å². The normalized spacial score (nSPS) is 11.0. The van der Waals surface area contributed by atoms with Gasteiger partial charge in [-0.3, -0.25) is 4.79 Å². The number of para-hydroxylation sites is 2. The first-order valence-electron chi connectivity index (χ1n) is 9.17. The van der Waals surface area contributed by atoms with E-state index in [0.29, 0.717) is 5.75 Å². The number of amides is 1. The van der Waals surface area contributed by atoms with Gasteiger partial charge in [-0.2, -0.15) is 0 Å². The number of fused-ring (bicyclic) bond motifs is 3. The van der Waals surface area contributed by atoms with E-state index in [4.69, 9.17) is 4.74 Å². The standard InChI is InChI=1S/C23H22N2O2/c1-3-16-8-6-7-15(2)23(16)25-22(26)14-27-17-11-12-19-18-9-4-5-10-20(18)24-21(19)13-17/h4-13,24H,3,14H2,1-2H3,(H,25,26). The monoisotopic (exact) mass is 358 g/mol. The number of benzene rings is 3. The van der Waals surface area contributed by atoms with Gasteiger partial charge in [0.25, 0.3) is 5.91 Å². The number of anilines is 1. The van der Waals surface area contributed by atoms with Crippen molar-refractivity contribution in [2.45, 2.75) is 20.3 Å². The Morgan fingerprint density at radius 3 is 2.67 bits per heavy atom. The highest BCUT2D eigenvalue weighted by atomic mass is 16.5. The summed E-state index contributed by atoms with van der Waals surface area (Å²) in [4.78, 5) is 15.8. The van der Waals surface area contributed by atoms with Gasteiger partial charge < -0.3 is 15.0 Å². The highest BCUT2D eigenvalue weighted by Gasteiger charge is 2.10. The Labute approximate surface area is 158 Å². The summed E-state index contributed by atoms with van der Waals surface area (Å²) < 4.78 is 5.73. The fraction of sp³-hybridized carbons (Fsp3) is 0.174. The van der Waals surface area contributed by atoms with E-state index in [1.54, 1.807) is 0 Å². The summed E-state index contributed by atoms with van der Waals surface area (Å²) in [6.07, 6.45) is 0.870. The number of H-pyrrole nitrogens is 1. The Morgan fingerprint density at radius 2 is 1.81 bits per heavy atom. The fourth-order valence-corrected chi connectivity index (χ4v) is 3.45. The van der Waals surface area contributed by atoms with E-state index in [0.717, 1.165) is 39.7 Å². The number of aromatic nitrogens is 1. The lowest BCUT2D eigenvalue weighted by Gasteiger charge is -2.13. The molecule has 0 radical (unpaired) electrons. The molecule has 4 aromatic rings. The molecule has 0 spiro atoms. The third kappa shape index (κ3) is 3.38. The van der Waals surface area contributed by atoms with Gasteiger partial charge in [0.15, 0.2) is 6.61 Å². The summed E-state index contributed by atoms with van der Waals surface area (Å²) >= 11 is 0. The van der Waals surface area contributed by atoms with Crippen molar-refractivity contribution in [3.05, 3.63) is 71.8 Å². The first kappa shape index (κ1) is 17.2. The summed E-state index contributed by atoms with van der Waals surface area (Å²) in [5, 5.41) is 5.32. The van der Waals surface area contributed by atoms with Gasteiger partial charge in [0.05, 0.1) is 5.52 Å². The maximum absolute atomic E-state index is 12.4. The second kappa shape index (κ2) is 7.16. The van der Waals surface area contributed by atoms with Gasteiger partial charge in [-0.25, -0.2) is 0 Å². The zero-order valence-corrected chi connectivity index (χ0v) is 15.5. The van der Waals surface area contributed by atoms with E-state index < -0.39 is 0 Å². The molecule has 0 bridgehead atoms. The third-order valence-corrected chi connectivity index (χ3v) is 4.85. The molecule has 136 valence electrons. The van der Waals surface area contributed by atoms with Crippen LogP contribution in [0.1, 0.15) is 18.1 Å². The van der Waals surface area contributed by atoms with Crippen molar-refractivity contribution in [2.24, 2.45) is 0 Å². The minimum atomic E-state index is -0.157. The molecule has 0 aliphatic carbocycles. The summed E-state index contributed by atoms with van der Waals surface area (Å²) in [7, 11) is 0. The smallest absolute Gasteiger partial charge is 0.262 e. The van der Waals surface area contributed by atoms with Crippen LogP contribution in [0.15, 0.2) is 60.7 Å². The molecular weight excluding hydrogens is 336 g/mol. The molecule has 2 N–H and O–H groups in total. The van der Waals surface area contributed by atoms with Crippen LogP contribution in [0.25, 0.3) is 21.8 Å². The molecule has 1 amide bonds. The van der Waals surface area contributed by atoms with Crippen LogP contribution in [0.4, 0.5) is 5.69 Å². The number of aryl methyl sites for hydroxylation is 2. The molecule has 4 rings (SSSR count). The quantitative estimate of drug-likeness (QED) is 0.514. The van der Waals surface area contributed by atoms with E-state index in [9.17, 15) is 4.79 Å². The topological polar surface area (TPSA) is 54.1 Å². The van der Waals surface area contributed by atoms with Gasteiger partial charge in [-0.1, -0.05) is 43.3 Å².